The van der Waals surface area contributed by atoms with Crippen LogP contribution in [-0.2, 0) is 4.79 Å². The van der Waals surface area contributed by atoms with Gasteiger partial charge in [0.1, 0.15) is 17.8 Å². The molecule has 3 aromatic rings. The molecule has 8 nitrogen and oxygen atoms in total. The lowest BCUT2D eigenvalue weighted by molar-refractivity contribution is -0.117. The molecule has 154 valence electrons. The lowest BCUT2D eigenvalue weighted by atomic mass is 10.2. The first-order valence-electron chi connectivity index (χ1n) is 9.56. The Balaban J connectivity index is 1.45. The van der Waals surface area contributed by atoms with E-state index in [1.54, 1.807) is 61.6 Å². The summed E-state index contributed by atoms with van der Waals surface area (Å²) in [6, 6.07) is 12.3. The van der Waals surface area contributed by atoms with Gasteiger partial charge in [0.25, 0.3) is 5.91 Å². The summed E-state index contributed by atoms with van der Waals surface area (Å²) in [5, 5.41) is 5.66. The number of aromatic nitrogens is 2. The average Bonchev–Trinajstić information content (AvgIpc) is 3.53. The van der Waals surface area contributed by atoms with Crippen molar-refractivity contribution in [3.05, 3.63) is 60.6 Å². The summed E-state index contributed by atoms with van der Waals surface area (Å²) in [4.78, 5) is 28.7. The molecule has 1 heterocycles. The molecule has 1 saturated carbocycles. The van der Waals surface area contributed by atoms with Gasteiger partial charge >= 0.3 is 0 Å². The number of nitrogens with one attached hydrogen (secondary N) is 2. The summed E-state index contributed by atoms with van der Waals surface area (Å²) in [7, 11) is 3.10. The molecule has 0 unspecified atom stereocenters. The Bertz CT molecular complexity index is 1070. The fourth-order valence-electron chi connectivity index (χ4n) is 2.99. The molecule has 1 aliphatic carbocycles. The number of rotatable bonds is 7. The standard InChI is InChI=1S/C22H22N4O4/c1-29-17-9-10-19(30-2)18(11-17)24-21(27)15-5-7-16(8-6-15)26-12-20(23-13-26)25-22(28)14-3-4-14/h5-14H,3-4H2,1-2H3,(H,24,27)(H,25,28). The SMILES string of the molecule is COc1ccc(OC)c(NC(=O)c2ccc(-n3cnc(NC(=O)C4CC4)c3)cc2)c1. The second-order valence-electron chi connectivity index (χ2n) is 7.00. The Labute approximate surface area is 173 Å². The maximum absolute atomic E-state index is 12.7. The zero-order chi connectivity index (χ0) is 21.1. The van der Waals surface area contributed by atoms with Gasteiger partial charge in [0.2, 0.25) is 5.91 Å². The van der Waals surface area contributed by atoms with Gasteiger partial charge in [-0.2, -0.15) is 0 Å². The lowest BCUT2D eigenvalue weighted by Gasteiger charge is -2.12. The number of hydrogen-bond acceptors (Lipinski definition) is 5. The van der Waals surface area contributed by atoms with Crippen LogP contribution < -0.4 is 20.1 Å². The van der Waals surface area contributed by atoms with Crippen molar-refractivity contribution in [2.24, 2.45) is 5.92 Å². The second kappa shape index (κ2) is 8.28. The minimum absolute atomic E-state index is 0.0141. The van der Waals surface area contributed by atoms with Gasteiger partial charge in [-0.05, 0) is 49.2 Å². The molecule has 0 aliphatic heterocycles. The molecule has 8 heteroatoms. The minimum atomic E-state index is -0.267. The van der Waals surface area contributed by atoms with Crippen LogP contribution in [0.25, 0.3) is 5.69 Å². The summed E-state index contributed by atoms with van der Waals surface area (Å²) in [6.45, 7) is 0. The van der Waals surface area contributed by atoms with E-state index in [0.29, 0.717) is 28.6 Å². The van der Waals surface area contributed by atoms with Crippen molar-refractivity contribution in [2.75, 3.05) is 24.9 Å². The summed E-state index contributed by atoms with van der Waals surface area (Å²) in [5.74, 6) is 1.54. The van der Waals surface area contributed by atoms with Crippen molar-refractivity contribution < 1.29 is 19.1 Å². The van der Waals surface area contributed by atoms with Crippen LogP contribution in [0.3, 0.4) is 0 Å². The number of carbonyl (C=O) groups is 2. The first-order chi connectivity index (χ1) is 14.6. The number of hydrogen-bond donors (Lipinski definition) is 2. The van der Waals surface area contributed by atoms with Crippen molar-refractivity contribution in [3.8, 4) is 17.2 Å². The van der Waals surface area contributed by atoms with E-state index in [0.717, 1.165) is 18.5 Å². The van der Waals surface area contributed by atoms with Crippen LogP contribution in [-0.4, -0.2) is 35.6 Å². The Morgan fingerprint density at radius 1 is 1.03 bits per heavy atom. The Hall–Kier alpha value is -3.81. The van der Waals surface area contributed by atoms with Crippen molar-refractivity contribution in [2.45, 2.75) is 12.8 Å². The smallest absolute Gasteiger partial charge is 0.255 e. The first kappa shape index (κ1) is 19.5. The summed E-state index contributed by atoms with van der Waals surface area (Å²) in [5.41, 5.74) is 1.84. The molecule has 30 heavy (non-hydrogen) atoms. The molecule has 2 aromatic carbocycles. The zero-order valence-electron chi connectivity index (χ0n) is 16.7. The van der Waals surface area contributed by atoms with Crippen LogP contribution in [0.2, 0.25) is 0 Å². The number of imidazole rings is 1. The first-order valence-corrected chi connectivity index (χ1v) is 9.56. The molecule has 0 bridgehead atoms. The molecule has 1 aromatic heterocycles. The third kappa shape index (κ3) is 4.27. The Kier molecular flexibility index (Phi) is 5.38. The number of nitrogens with zero attached hydrogens (tertiary/aromatic N) is 2. The fourth-order valence-corrected chi connectivity index (χ4v) is 2.99. The van der Waals surface area contributed by atoms with E-state index in [9.17, 15) is 9.59 Å². The number of ether oxygens (including phenoxy) is 2. The molecule has 2 N–H and O–H groups in total. The number of carbonyl (C=O) groups excluding carboxylic acids is 2. The maximum Gasteiger partial charge on any atom is 0.255 e. The van der Waals surface area contributed by atoms with Crippen molar-refractivity contribution in [1.29, 1.82) is 0 Å². The van der Waals surface area contributed by atoms with Gasteiger partial charge in [0.15, 0.2) is 5.82 Å². The van der Waals surface area contributed by atoms with Crippen LogP contribution in [0.1, 0.15) is 23.2 Å². The van der Waals surface area contributed by atoms with Crippen LogP contribution in [0.5, 0.6) is 11.5 Å². The highest BCUT2D eigenvalue weighted by Gasteiger charge is 2.29. The summed E-state index contributed by atoms with van der Waals surface area (Å²) < 4.78 is 12.3. The van der Waals surface area contributed by atoms with Gasteiger partial charge < -0.3 is 24.7 Å². The number of amides is 2. The van der Waals surface area contributed by atoms with Gasteiger partial charge in [-0.1, -0.05) is 0 Å². The Morgan fingerprint density at radius 3 is 2.47 bits per heavy atom. The highest BCUT2D eigenvalue weighted by molar-refractivity contribution is 6.05. The van der Waals surface area contributed by atoms with E-state index in [-0.39, 0.29) is 17.7 Å². The van der Waals surface area contributed by atoms with Crippen molar-refractivity contribution >= 4 is 23.3 Å². The monoisotopic (exact) mass is 406 g/mol. The molecule has 4 rings (SSSR count). The quantitative estimate of drug-likeness (QED) is 0.626. The molecule has 2 amide bonds. The Morgan fingerprint density at radius 2 is 1.80 bits per heavy atom. The van der Waals surface area contributed by atoms with E-state index < -0.39 is 0 Å². The largest absolute Gasteiger partial charge is 0.497 e. The van der Waals surface area contributed by atoms with Crippen molar-refractivity contribution in [1.82, 2.24) is 9.55 Å². The minimum Gasteiger partial charge on any atom is -0.497 e. The van der Waals surface area contributed by atoms with Crippen molar-refractivity contribution in [3.63, 3.8) is 0 Å². The topological polar surface area (TPSA) is 94.5 Å². The highest BCUT2D eigenvalue weighted by Crippen LogP contribution is 2.30. The third-order valence-corrected chi connectivity index (χ3v) is 4.86. The maximum atomic E-state index is 12.7. The molecule has 0 saturated heterocycles. The normalized spacial score (nSPS) is 12.9. The van der Waals surface area contributed by atoms with Gasteiger partial charge in [0, 0.05) is 23.2 Å². The third-order valence-electron chi connectivity index (χ3n) is 4.86. The van der Waals surface area contributed by atoms with Crippen LogP contribution in [0.15, 0.2) is 55.0 Å². The van der Waals surface area contributed by atoms with Gasteiger partial charge in [-0.15, -0.1) is 0 Å². The van der Waals surface area contributed by atoms with Gasteiger partial charge in [-0.3, -0.25) is 9.59 Å². The zero-order valence-corrected chi connectivity index (χ0v) is 16.7. The summed E-state index contributed by atoms with van der Waals surface area (Å²) >= 11 is 0. The fraction of sp³-hybridized carbons (Fsp3) is 0.227. The predicted octanol–water partition coefficient (Wildman–Crippen LogP) is 3.49. The van der Waals surface area contributed by atoms with E-state index in [1.165, 1.54) is 0 Å². The van der Waals surface area contributed by atoms with E-state index >= 15 is 0 Å². The number of methoxy groups -OCH3 is 2. The van der Waals surface area contributed by atoms with Crippen LogP contribution in [0, 0.1) is 5.92 Å². The van der Waals surface area contributed by atoms with Crippen LogP contribution in [0.4, 0.5) is 11.5 Å². The molecule has 0 spiro atoms. The van der Waals surface area contributed by atoms with E-state index in [4.69, 9.17) is 9.47 Å². The molecule has 1 aliphatic rings. The highest BCUT2D eigenvalue weighted by atomic mass is 16.5. The lowest BCUT2D eigenvalue weighted by Crippen LogP contribution is -2.13. The molecule has 1 fully saturated rings. The number of anilines is 2. The molecular weight excluding hydrogens is 384 g/mol. The van der Waals surface area contributed by atoms with Gasteiger partial charge in [0.05, 0.1) is 26.1 Å². The molecular formula is C22H22N4O4. The van der Waals surface area contributed by atoms with Gasteiger partial charge in [-0.25, -0.2) is 4.98 Å². The van der Waals surface area contributed by atoms with E-state index in [2.05, 4.69) is 15.6 Å². The van der Waals surface area contributed by atoms with E-state index in [1.807, 2.05) is 12.1 Å². The number of benzene rings is 2. The summed E-state index contributed by atoms with van der Waals surface area (Å²) in [6.07, 6.45) is 5.25. The van der Waals surface area contributed by atoms with Crippen LogP contribution >= 0.6 is 0 Å². The predicted molar refractivity (Wildman–Crippen MR) is 112 cm³/mol. The average molecular weight is 406 g/mol. The molecule has 0 radical (unpaired) electrons. The molecule has 0 atom stereocenters. The second-order valence-corrected chi connectivity index (χ2v) is 7.00.